The van der Waals surface area contributed by atoms with E-state index in [9.17, 15) is 28.6 Å². The highest BCUT2D eigenvalue weighted by molar-refractivity contribution is 14.1. The molecule has 1 aliphatic rings. The Morgan fingerprint density at radius 1 is 1.05 bits per heavy atom. The van der Waals surface area contributed by atoms with Crippen molar-refractivity contribution in [3.63, 3.8) is 0 Å². The monoisotopic (exact) mass is 649 g/mol. The zero-order valence-corrected chi connectivity index (χ0v) is 23.3. The number of carbonyl (C=O) groups is 2. The van der Waals surface area contributed by atoms with Gasteiger partial charge in [0.25, 0.3) is 11.8 Å². The van der Waals surface area contributed by atoms with E-state index in [-0.39, 0.29) is 35.8 Å². The molecule has 3 aromatic rings. The number of halogens is 3. The molecule has 0 aliphatic heterocycles. The van der Waals surface area contributed by atoms with Crippen LogP contribution in [0.5, 0.6) is 5.75 Å². The Labute approximate surface area is 239 Å². The summed E-state index contributed by atoms with van der Waals surface area (Å²) in [6, 6.07) is 14.0. The van der Waals surface area contributed by atoms with Gasteiger partial charge in [-0.15, -0.1) is 0 Å². The fourth-order valence-electron chi connectivity index (χ4n) is 4.55. The largest absolute Gasteiger partial charge is 0.507 e. The summed E-state index contributed by atoms with van der Waals surface area (Å²) in [7, 11) is 0. The van der Waals surface area contributed by atoms with Crippen molar-refractivity contribution in [3.8, 4) is 5.75 Å². The van der Waals surface area contributed by atoms with E-state index in [1.807, 2.05) is 24.3 Å². The van der Waals surface area contributed by atoms with Crippen LogP contribution in [-0.2, 0) is 13.0 Å². The highest BCUT2D eigenvalue weighted by Gasteiger charge is 2.35. The molecule has 7 nitrogen and oxygen atoms in total. The maximum Gasteiger partial charge on any atom is 0.254 e. The number of nitrogens with two attached hydrogens (primary N) is 1. The van der Waals surface area contributed by atoms with Gasteiger partial charge in [0.2, 0.25) is 0 Å². The Balaban J connectivity index is 1.63. The minimum atomic E-state index is -1.09. The summed E-state index contributed by atoms with van der Waals surface area (Å²) in [4.78, 5) is 27.1. The number of aromatic hydroxyl groups is 1. The lowest BCUT2D eigenvalue weighted by atomic mass is 9.97. The molecular weight excluding hydrogens is 619 g/mol. The molecule has 0 heterocycles. The molecule has 0 spiro atoms. The third-order valence-corrected chi connectivity index (χ3v) is 7.38. The van der Waals surface area contributed by atoms with Crippen molar-refractivity contribution in [1.29, 1.82) is 0 Å². The van der Waals surface area contributed by atoms with E-state index in [1.165, 1.54) is 35.2 Å². The Bertz CT molecular complexity index is 1330. The maximum atomic E-state index is 14.0. The zero-order valence-electron chi connectivity index (χ0n) is 21.1. The molecule has 2 atom stereocenters. The topological polar surface area (TPSA) is 116 Å². The Morgan fingerprint density at radius 2 is 1.77 bits per heavy atom. The van der Waals surface area contributed by atoms with E-state index in [4.69, 9.17) is 5.73 Å². The van der Waals surface area contributed by atoms with Gasteiger partial charge in [-0.05, 0) is 101 Å². The van der Waals surface area contributed by atoms with Crippen molar-refractivity contribution >= 4 is 34.4 Å². The molecule has 0 radical (unpaired) electrons. The molecule has 0 saturated heterocycles. The minimum absolute atomic E-state index is 0.0000175. The molecule has 206 valence electrons. The van der Waals surface area contributed by atoms with Crippen LogP contribution in [0.25, 0.3) is 0 Å². The highest BCUT2D eigenvalue weighted by atomic mass is 127. The lowest BCUT2D eigenvalue weighted by molar-refractivity contribution is 0.0337. The number of phenols is 1. The van der Waals surface area contributed by atoms with Crippen molar-refractivity contribution in [3.05, 3.63) is 98.1 Å². The van der Waals surface area contributed by atoms with Crippen LogP contribution in [0.3, 0.4) is 0 Å². The summed E-state index contributed by atoms with van der Waals surface area (Å²) in [5.74, 6) is -3.00. The summed E-state index contributed by atoms with van der Waals surface area (Å²) < 4.78 is 29.2. The van der Waals surface area contributed by atoms with Crippen LogP contribution in [0.1, 0.15) is 44.7 Å². The lowest BCUT2D eigenvalue weighted by Gasteiger charge is -2.36. The molecule has 39 heavy (non-hydrogen) atoms. The molecule has 10 heteroatoms. The van der Waals surface area contributed by atoms with Crippen LogP contribution in [0, 0.1) is 21.1 Å². The number of amides is 2. The van der Waals surface area contributed by atoms with E-state index in [1.54, 1.807) is 0 Å². The normalized spacial score (nSPS) is 14.6. The number of hydrogen-bond acceptors (Lipinski definition) is 5. The predicted molar refractivity (Wildman–Crippen MR) is 151 cm³/mol. The second kappa shape index (κ2) is 12.8. The van der Waals surface area contributed by atoms with Crippen molar-refractivity contribution < 1.29 is 28.6 Å². The molecule has 0 bridgehead atoms. The average Bonchev–Trinajstić information content (AvgIpc) is 3.69. The molecular formula is C29H30F2IN3O4. The van der Waals surface area contributed by atoms with Gasteiger partial charge in [0.1, 0.15) is 17.4 Å². The van der Waals surface area contributed by atoms with E-state index in [0.29, 0.717) is 18.7 Å². The van der Waals surface area contributed by atoms with Gasteiger partial charge in [0.05, 0.1) is 17.7 Å². The first-order valence-corrected chi connectivity index (χ1v) is 13.7. The summed E-state index contributed by atoms with van der Waals surface area (Å²) in [6.45, 7) is 0.915. The van der Waals surface area contributed by atoms with E-state index < -0.39 is 35.6 Å². The summed E-state index contributed by atoms with van der Waals surface area (Å²) in [6.07, 6.45) is 0.733. The fourth-order valence-corrected chi connectivity index (χ4v) is 5.16. The number of primary amides is 1. The second-order valence-electron chi connectivity index (χ2n) is 9.87. The van der Waals surface area contributed by atoms with Gasteiger partial charge in [-0.3, -0.25) is 9.59 Å². The molecule has 1 aliphatic carbocycles. The van der Waals surface area contributed by atoms with Crippen LogP contribution in [0.2, 0.25) is 0 Å². The first kappa shape index (κ1) is 28.9. The second-order valence-corrected chi connectivity index (χ2v) is 11.1. The first-order valence-electron chi connectivity index (χ1n) is 12.6. The third kappa shape index (κ3) is 7.96. The Hall–Kier alpha value is -3.09. The first-order chi connectivity index (χ1) is 18.6. The van der Waals surface area contributed by atoms with E-state index in [2.05, 4.69) is 27.9 Å². The summed E-state index contributed by atoms with van der Waals surface area (Å²) in [5.41, 5.74) is 6.58. The van der Waals surface area contributed by atoms with Crippen LogP contribution < -0.4 is 11.1 Å². The van der Waals surface area contributed by atoms with Gasteiger partial charge >= 0.3 is 0 Å². The van der Waals surface area contributed by atoms with Crippen LogP contribution >= 0.6 is 22.6 Å². The molecule has 0 aromatic heterocycles. The standard InChI is InChI=1S/C29H30F2IN3O4/c30-21-8-19(9-22(31)13-21)11-25(27(37)15-34-14-18-2-1-3-23(32)10-18)35(16-17-4-5-17)29(39)20-6-7-26(36)24(12-20)28(33)38/h1-3,6-10,12-13,17,25,27,34,36-37H,4-5,11,14-16H2,(H2,33,38)/t25-,27+/m0/s1. The number of rotatable bonds is 12. The minimum Gasteiger partial charge on any atom is -0.507 e. The van der Waals surface area contributed by atoms with Crippen molar-refractivity contribution in [2.75, 3.05) is 13.1 Å². The summed E-state index contributed by atoms with van der Waals surface area (Å²) >= 11 is 2.22. The number of hydrogen-bond donors (Lipinski definition) is 4. The van der Waals surface area contributed by atoms with Crippen molar-refractivity contribution in [2.45, 2.75) is 38.0 Å². The average molecular weight is 649 g/mol. The highest BCUT2D eigenvalue weighted by Crippen LogP contribution is 2.32. The lowest BCUT2D eigenvalue weighted by Crippen LogP contribution is -2.52. The molecule has 5 N–H and O–H groups in total. The smallest absolute Gasteiger partial charge is 0.254 e. The SMILES string of the molecule is NC(=O)c1cc(C(=O)N(CC2CC2)[C@@H](Cc2cc(F)cc(F)c2)[C@H](O)CNCc2cccc(I)c2)ccc1O. The quantitative estimate of drug-likeness (QED) is 0.222. The van der Waals surface area contributed by atoms with Crippen LogP contribution in [0.15, 0.2) is 60.7 Å². The number of nitrogens with zero attached hydrogens (tertiary/aromatic N) is 1. The predicted octanol–water partition coefficient (Wildman–Crippen LogP) is 3.99. The molecule has 4 rings (SSSR count). The Morgan fingerprint density at radius 3 is 2.41 bits per heavy atom. The van der Waals surface area contributed by atoms with Gasteiger partial charge in [-0.1, -0.05) is 12.1 Å². The van der Waals surface area contributed by atoms with Gasteiger partial charge in [0, 0.05) is 34.8 Å². The van der Waals surface area contributed by atoms with E-state index >= 15 is 0 Å². The Kier molecular flexibility index (Phi) is 9.52. The van der Waals surface area contributed by atoms with Crippen LogP contribution in [-0.4, -0.2) is 52.2 Å². The third-order valence-electron chi connectivity index (χ3n) is 6.70. The van der Waals surface area contributed by atoms with Gasteiger partial charge < -0.3 is 26.2 Å². The van der Waals surface area contributed by atoms with Gasteiger partial charge in [0.15, 0.2) is 0 Å². The maximum absolute atomic E-state index is 14.0. The molecule has 1 fully saturated rings. The number of benzene rings is 3. The zero-order chi connectivity index (χ0) is 28.1. The van der Waals surface area contributed by atoms with Crippen molar-refractivity contribution in [2.24, 2.45) is 11.7 Å². The molecule has 0 unspecified atom stereocenters. The number of carbonyl (C=O) groups excluding carboxylic acids is 2. The number of aliphatic hydroxyl groups is 1. The molecule has 3 aromatic carbocycles. The summed E-state index contributed by atoms with van der Waals surface area (Å²) in [5, 5.41) is 24.6. The van der Waals surface area contributed by atoms with Crippen molar-refractivity contribution in [1.82, 2.24) is 10.2 Å². The molecule has 2 amide bonds. The van der Waals surface area contributed by atoms with Gasteiger partial charge in [-0.25, -0.2) is 8.78 Å². The molecule has 1 saturated carbocycles. The number of nitrogens with one attached hydrogen (secondary N) is 1. The van der Waals surface area contributed by atoms with Crippen LogP contribution in [0.4, 0.5) is 8.78 Å². The fraction of sp³-hybridized carbons (Fsp3) is 0.310. The van der Waals surface area contributed by atoms with E-state index in [0.717, 1.165) is 28.0 Å². The number of aliphatic hydroxyl groups excluding tert-OH is 1. The van der Waals surface area contributed by atoms with Gasteiger partial charge in [-0.2, -0.15) is 0 Å².